The molecule has 136 valence electrons. The van der Waals surface area contributed by atoms with Crippen LogP contribution in [0.3, 0.4) is 0 Å². The molecule has 0 radical (unpaired) electrons. The number of benzene rings is 2. The Labute approximate surface area is 157 Å². The van der Waals surface area contributed by atoms with E-state index in [0.29, 0.717) is 17.1 Å². The van der Waals surface area contributed by atoms with Crippen LogP contribution in [-0.4, -0.2) is 19.3 Å². The number of pyridine rings is 1. The van der Waals surface area contributed by atoms with Crippen molar-refractivity contribution in [1.29, 1.82) is 0 Å². The van der Waals surface area contributed by atoms with E-state index < -0.39 is 10.0 Å². The van der Waals surface area contributed by atoms with Crippen LogP contribution in [0.2, 0.25) is 0 Å². The lowest BCUT2D eigenvalue weighted by atomic mass is 10.2. The van der Waals surface area contributed by atoms with Crippen molar-refractivity contribution in [1.82, 2.24) is 4.98 Å². The molecule has 0 unspecified atom stereocenters. The maximum Gasteiger partial charge on any atom is 0.261 e. The molecule has 3 rings (SSSR count). The lowest BCUT2D eigenvalue weighted by Gasteiger charge is -2.09. The van der Waals surface area contributed by atoms with Crippen LogP contribution < -0.4 is 10.0 Å². The molecule has 27 heavy (non-hydrogen) atoms. The number of rotatable bonds is 6. The fourth-order valence-electron chi connectivity index (χ4n) is 2.29. The molecule has 7 heteroatoms. The molecule has 1 aromatic heterocycles. The summed E-state index contributed by atoms with van der Waals surface area (Å²) < 4.78 is 27.3. The first-order valence-electron chi connectivity index (χ1n) is 8.11. The van der Waals surface area contributed by atoms with Gasteiger partial charge in [-0.25, -0.2) is 8.42 Å². The van der Waals surface area contributed by atoms with Gasteiger partial charge in [0.15, 0.2) is 0 Å². The van der Waals surface area contributed by atoms with Crippen molar-refractivity contribution in [2.45, 2.75) is 4.90 Å². The number of anilines is 2. The molecule has 0 saturated carbocycles. The summed E-state index contributed by atoms with van der Waals surface area (Å²) in [5.74, 6) is -0.344. The predicted octanol–water partition coefficient (Wildman–Crippen LogP) is 3.53. The van der Waals surface area contributed by atoms with E-state index >= 15 is 0 Å². The van der Waals surface area contributed by atoms with Gasteiger partial charge in [-0.1, -0.05) is 30.3 Å². The Hall–Kier alpha value is -3.45. The monoisotopic (exact) mass is 379 g/mol. The molecular weight excluding hydrogens is 362 g/mol. The summed E-state index contributed by atoms with van der Waals surface area (Å²) in [6.07, 6.45) is 4.60. The van der Waals surface area contributed by atoms with Crippen molar-refractivity contribution in [3.63, 3.8) is 0 Å². The van der Waals surface area contributed by atoms with E-state index in [4.69, 9.17) is 0 Å². The standard InChI is InChI=1S/C20H17N3O3S/c24-20(13-12-16-7-4-5-14-21-16)22-17-8-6-9-18(15-17)23-27(25,26)19-10-2-1-3-11-19/h1-15,23H,(H,22,24)/b13-12+. The topological polar surface area (TPSA) is 88.2 Å². The molecule has 0 saturated heterocycles. The number of nitrogens with one attached hydrogen (secondary N) is 2. The summed E-state index contributed by atoms with van der Waals surface area (Å²) in [5, 5.41) is 2.69. The number of carbonyl (C=O) groups is 1. The number of hydrogen-bond acceptors (Lipinski definition) is 4. The summed E-state index contributed by atoms with van der Waals surface area (Å²) in [6.45, 7) is 0. The zero-order valence-corrected chi connectivity index (χ0v) is 15.1. The molecule has 1 amide bonds. The van der Waals surface area contributed by atoms with Gasteiger partial charge in [0.05, 0.1) is 16.3 Å². The largest absolute Gasteiger partial charge is 0.322 e. The summed E-state index contributed by atoms with van der Waals surface area (Å²) in [5.41, 5.74) is 1.49. The Balaban J connectivity index is 1.69. The number of sulfonamides is 1. The molecule has 0 aliphatic carbocycles. The summed E-state index contributed by atoms with van der Waals surface area (Å²) in [7, 11) is -3.69. The van der Waals surface area contributed by atoms with Crippen LogP contribution in [0.5, 0.6) is 0 Å². The van der Waals surface area contributed by atoms with E-state index in [1.807, 2.05) is 6.07 Å². The molecular formula is C20H17N3O3S. The van der Waals surface area contributed by atoms with Gasteiger partial charge in [-0.2, -0.15) is 0 Å². The van der Waals surface area contributed by atoms with E-state index in [9.17, 15) is 13.2 Å². The van der Waals surface area contributed by atoms with Crippen LogP contribution in [0.15, 0.2) is 90.0 Å². The minimum atomic E-state index is -3.69. The molecule has 0 fully saturated rings. The second kappa shape index (κ2) is 8.29. The maximum atomic E-state index is 12.4. The van der Waals surface area contributed by atoms with E-state index in [1.165, 1.54) is 18.2 Å². The van der Waals surface area contributed by atoms with Crippen molar-refractivity contribution in [3.8, 4) is 0 Å². The molecule has 6 nitrogen and oxygen atoms in total. The Morgan fingerprint density at radius 1 is 0.889 bits per heavy atom. The summed E-state index contributed by atoms with van der Waals surface area (Å²) in [4.78, 5) is 16.3. The van der Waals surface area contributed by atoms with Gasteiger partial charge in [0.1, 0.15) is 0 Å². The highest BCUT2D eigenvalue weighted by Gasteiger charge is 2.13. The van der Waals surface area contributed by atoms with Crippen LogP contribution in [-0.2, 0) is 14.8 Å². The SMILES string of the molecule is O=C(/C=C/c1ccccn1)Nc1cccc(NS(=O)(=O)c2ccccc2)c1. The lowest BCUT2D eigenvalue weighted by molar-refractivity contribution is -0.111. The Morgan fingerprint density at radius 3 is 2.37 bits per heavy atom. The fraction of sp³-hybridized carbons (Fsp3) is 0. The third-order valence-electron chi connectivity index (χ3n) is 3.53. The fourth-order valence-corrected chi connectivity index (χ4v) is 3.36. The third-order valence-corrected chi connectivity index (χ3v) is 4.93. The highest BCUT2D eigenvalue weighted by Crippen LogP contribution is 2.19. The summed E-state index contributed by atoms with van der Waals surface area (Å²) >= 11 is 0. The normalized spacial score (nSPS) is 11.3. The molecule has 2 N–H and O–H groups in total. The van der Waals surface area contributed by atoms with Gasteiger partial charge in [0.25, 0.3) is 10.0 Å². The Morgan fingerprint density at radius 2 is 1.63 bits per heavy atom. The summed E-state index contributed by atoms with van der Waals surface area (Å²) in [6, 6.07) is 20.0. The number of nitrogens with zero attached hydrogens (tertiary/aromatic N) is 1. The Kier molecular flexibility index (Phi) is 5.63. The second-order valence-corrected chi connectivity index (χ2v) is 7.26. The van der Waals surface area contributed by atoms with E-state index in [-0.39, 0.29) is 10.8 Å². The van der Waals surface area contributed by atoms with Crippen LogP contribution >= 0.6 is 0 Å². The van der Waals surface area contributed by atoms with Crippen molar-refractivity contribution >= 4 is 33.4 Å². The van der Waals surface area contributed by atoms with Crippen LogP contribution in [0.25, 0.3) is 6.08 Å². The van der Waals surface area contributed by atoms with Gasteiger partial charge in [-0.3, -0.25) is 14.5 Å². The van der Waals surface area contributed by atoms with Gasteiger partial charge in [0, 0.05) is 18.0 Å². The van der Waals surface area contributed by atoms with Gasteiger partial charge in [0.2, 0.25) is 5.91 Å². The van der Waals surface area contributed by atoms with E-state index in [2.05, 4.69) is 15.0 Å². The zero-order chi connectivity index (χ0) is 19.1. The molecule has 0 aliphatic rings. The third kappa shape index (κ3) is 5.26. The number of carbonyl (C=O) groups excluding carboxylic acids is 1. The van der Waals surface area contributed by atoms with E-state index in [0.717, 1.165) is 0 Å². The van der Waals surface area contributed by atoms with Gasteiger partial charge < -0.3 is 5.32 Å². The van der Waals surface area contributed by atoms with Crippen molar-refractivity contribution in [2.24, 2.45) is 0 Å². The smallest absolute Gasteiger partial charge is 0.261 e. The van der Waals surface area contributed by atoms with Crippen molar-refractivity contribution in [2.75, 3.05) is 10.0 Å². The highest BCUT2D eigenvalue weighted by molar-refractivity contribution is 7.92. The van der Waals surface area contributed by atoms with Crippen molar-refractivity contribution < 1.29 is 13.2 Å². The number of aromatic nitrogens is 1. The zero-order valence-electron chi connectivity index (χ0n) is 14.2. The maximum absolute atomic E-state index is 12.4. The quantitative estimate of drug-likeness (QED) is 0.641. The molecule has 0 aliphatic heterocycles. The molecule has 0 bridgehead atoms. The minimum absolute atomic E-state index is 0.165. The minimum Gasteiger partial charge on any atom is -0.322 e. The molecule has 0 spiro atoms. The molecule has 2 aromatic carbocycles. The Bertz CT molecular complexity index is 1050. The number of hydrogen-bond donors (Lipinski definition) is 2. The first-order chi connectivity index (χ1) is 13.0. The van der Waals surface area contributed by atoms with Crippen molar-refractivity contribution in [3.05, 3.63) is 90.8 Å². The highest BCUT2D eigenvalue weighted by atomic mass is 32.2. The van der Waals surface area contributed by atoms with Gasteiger partial charge in [-0.05, 0) is 48.5 Å². The molecule has 3 aromatic rings. The first kappa shape index (κ1) is 18.3. The molecule has 1 heterocycles. The predicted molar refractivity (Wildman–Crippen MR) is 106 cm³/mol. The van der Waals surface area contributed by atoms with Gasteiger partial charge >= 0.3 is 0 Å². The number of amides is 1. The lowest BCUT2D eigenvalue weighted by Crippen LogP contribution is -2.13. The van der Waals surface area contributed by atoms with E-state index in [1.54, 1.807) is 66.9 Å². The first-order valence-corrected chi connectivity index (χ1v) is 9.59. The molecule has 0 atom stereocenters. The van der Waals surface area contributed by atoms with Crippen LogP contribution in [0.4, 0.5) is 11.4 Å². The second-order valence-electron chi connectivity index (χ2n) is 5.58. The average molecular weight is 379 g/mol. The van der Waals surface area contributed by atoms with Gasteiger partial charge in [-0.15, -0.1) is 0 Å². The average Bonchev–Trinajstić information content (AvgIpc) is 2.68. The van der Waals surface area contributed by atoms with Crippen LogP contribution in [0.1, 0.15) is 5.69 Å². The van der Waals surface area contributed by atoms with Crippen LogP contribution in [0, 0.1) is 0 Å².